The lowest BCUT2D eigenvalue weighted by Crippen LogP contribution is -2.42. The molecule has 0 amide bonds. The third-order valence-corrected chi connectivity index (χ3v) is 28.1. The first-order valence-corrected chi connectivity index (χ1v) is 23.0. The van der Waals surface area contributed by atoms with Gasteiger partial charge in [0.2, 0.25) is 0 Å². The van der Waals surface area contributed by atoms with Crippen LogP contribution in [0.15, 0.2) is 0 Å². The summed E-state index contributed by atoms with van der Waals surface area (Å²) in [4.78, 5) is 0. The van der Waals surface area contributed by atoms with E-state index in [1.165, 1.54) is 51.4 Å². The second-order valence-corrected chi connectivity index (χ2v) is 29.9. The summed E-state index contributed by atoms with van der Waals surface area (Å²) in [6.07, 6.45) is 31.1. The first-order valence-electron chi connectivity index (χ1n) is 17.4. The molecule has 9 atom stereocenters. The topological polar surface area (TPSA) is 0 Å². The second-order valence-electron chi connectivity index (χ2n) is 18.3. The molecule has 4 fully saturated rings. The molecule has 232 valence electrons. The van der Waals surface area contributed by atoms with Gasteiger partial charge in [-0.05, 0) is 146 Å². The van der Waals surface area contributed by atoms with Crippen molar-refractivity contribution < 1.29 is 0 Å². The van der Waals surface area contributed by atoms with Crippen LogP contribution < -0.4 is 0 Å². The Morgan fingerprint density at radius 2 is 1.23 bits per heavy atom. The molecule has 2 heteroatoms. The van der Waals surface area contributed by atoms with Crippen LogP contribution in [0.2, 0.25) is 0 Å². The van der Waals surface area contributed by atoms with Crippen molar-refractivity contribution in [2.75, 3.05) is 25.0 Å². The largest absolute Gasteiger partial charge is 0.212 e. The van der Waals surface area contributed by atoms with Gasteiger partial charge in [0.05, 0.1) is 0 Å². The van der Waals surface area contributed by atoms with E-state index in [0.29, 0.717) is 10.8 Å². The second kappa shape index (κ2) is 12.0. The first-order chi connectivity index (χ1) is 18.0. The summed E-state index contributed by atoms with van der Waals surface area (Å²) in [6, 6.07) is 0. The van der Waals surface area contributed by atoms with Crippen LogP contribution in [0.4, 0.5) is 0 Å². The number of fused-ring (bicyclic) bond motifs is 1. The highest BCUT2D eigenvalue weighted by Crippen LogP contribution is 2.84. The normalized spacial score (nSPS) is 41.4. The van der Waals surface area contributed by atoms with Crippen molar-refractivity contribution in [3.63, 3.8) is 0 Å². The summed E-state index contributed by atoms with van der Waals surface area (Å²) in [5.74, 6) is 7.88. The minimum atomic E-state index is -0.624. The van der Waals surface area contributed by atoms with Crippen molar-refractivity contribution in [1.82, 2.24) is 0 Å². The summed E-state index contributed by atoms with van der Waals surface area (Å²) in [6.45, 7) is 20.4. The zero-order chi connectivity index (χ0) is 29.0. The van der Waals surface area contributed by atoms with Gasteiger partial charge in [-0.15, -0.1) is 0 Å². The summed E-state index contributed by atoms with van der Waals surface area (Å²) in [7, 11) is -1.20. The van der Waals surface area contributed by atoms with Gasteiger partial charge in [-0.2, -0.15) is 0 Å². The summed E-state index contributed by atoms with van der Waals surface area (Å²) >= 11 is 0. The third kappa shape index (κ3) is 6.63. The fraction of sp³-hybridized carbons (Fsp3) is 1.00. The molecule has 39 heavy (non-hydrogen) atoms. The van der Waals surface area contributed by atoms with Crippen molar-refractivity contribution in [1.29, 1.82) is 0 Å². The van der Waals surface area contributed by atoms with Gasteiger partial charge in [0.1, 0.15) is 0 Å². The van der Waals surface area contributed by atoms with E-state index in [0.717, 1.165) is 57.8 Å². The molecule has 0 heterocycles. The zero-order valence-electron chi connectivity index (χ0n) is 28.8. The van der Waals surface area contributed by atoms with Gasteiger partial charge in [-0.25, -0.2) is 18.1 Å². The molecule has 0 aliphatic heterocycles. The molecule has 4 saturated carbocycles. The van der Waals surface area contributed by atoms with Gasteiger partial charge in [0, 0.05) is 5.25 Å². The molecule has 0 aromatic carbocycles. The SMILES string of the molecule is CCCCC1CCC(S(C)(C)S(C)(C)C2C(C)CC3C(C4CC(C(C)(C)C)CC(C(C)(C)C)C4)CCCC32)C1. The molecule has 0 aromatic heterocycles. The smallest absolute Gasteiger partial charge is 0.00115 e. The number of hydrogen-bond donors (Lipinski definition) is 0. The highest BCUT2D eigenvalue weighted by Gasteiger charge is 2.55. The summed E-state index contributed by atoms with van der Waals surface area (Å²) in [5.41, 5.74) is 0.912. The van der Waals surface area contributed by atoms with E-state index in [2.05, 4.69) is 80.4 Å². The monoisotopic (exact) mass is 581 g/mol. The van der Waals surface area contributed by atoms with Crippen molar-refractivity contribution in [2.45, 2.75) is 149 Å². The van der Waals surface area contributed by atoms with E-state index in [1.54, 1.807) is 32.1 Å². The predicted octanol–water partition coefficient (Wildman–Crippen LogP) is 12.0. The molecule has 0 aromatic rings. The molecule has 0 nitrogen and oxygen atoms in total. The molecule has 4 rings (SSSR count). The first kappa shape index (κ1) is 32.6. The average Bonchev–Trinajstić information content (AvgIpc) is 3.45. The zero-order valence-corrected chi connectivity index (χ0v) is 30.4. The lowest BCUT2D eigenvalue weighted by Gasteiger charge is -2.61. The lowest BCUT2D eigenvalue weighted by atomic mass is 9.55. The molecule has 0 saturated heterocycles. The predicted molar refractivity (Wildman–Crippen MR) is 185 cm³/mol. The Bertz CT molecular complexity index is 775. The Labute approximate surface area is 249 Å². The van der Waals surface area contributed by atoms with Gasteiger partial charge in [0.25, 0.3) is 0 Å². The van der Waals surface area contributed by atoms with Crippen molar-refractivity contribution in [3.05, 3.63) is 0 Å². The molecular formula is C37H72S2. The van der Waals surface area contributed by atoms with Crippen LogP contribution in [-0.4, -0.2) is 35.5 Å². The third-order valence-electron chi connectivity index (χ3n) is 13.6. The Kier molecular flexibility index (Phi) is 10.0. The quantitative estimate of drug-likeness (QED) is 0.263. The number of rotatable bonds is 7. The molecule has 0 radical (unpaired) electrons. The summed E-state index contributed by atoms with van der Waals surface area (Å²) < 4.78 is 0. The highest BCUT2D eigenvalue weighted by atomic mass is 33.2. The van der Waals surface area contributed by atoms with E-state index >= 15 is 0 Å². The fourth-order valence-corrected chi connectivity index (χ4v) is 21.2. The van der Waals surface area contributed by atoms with Crippen molar-refractivity contribution in [3.8, 4) is 0 Å². The van der Waals surface area contributed by atoms with Crippen LogP contribution in [0.25, 0.3) is 0 Å². The number of unbranched alkanes of at least 4 members (excludes halogenated alkanes) is 1. The molecule has 4 aliphatic carbocycles. The minimum absolute atomic E-state index is 0.456. The molecule has 4 aliphatic rings. The molecule has 0 bridgehead atoms. The maximum Gasteiger partial charge on any atom is 0.00115 e. The van der Waals surface area contributed by atoms with E-state index in [1.807, 2.05) is 0 Å². The summed E-state index contributed by atoms with van der Waals surface area (Å²) in [5, 5.41) is 2.08. The van der Waals surface area contributed by atoms with E-state index in [9.17, 15) is 0 Å². The van der Waals surface area contributed by atoms with Gasteiger partial charge < -0.3 is 0 Å². The molecule has 0 spiro atoms. The van der Waals surface area contributed by atoms with Crippen LogP contribution in [0.1, 0.15) is 139 Å². The lowest BCUT2D eigenvalue weighted by molar-refractivity contribution is -0.0000845. The van der Waals surface area contributed by atoms with Crippen molar-refractivity contribution in [2.24, 2.45) is 58.2 Å². The van der Waals surface area contributed by atoms with Crippen LogP contribution in [-0.2, 0) is 0 Å². The standard InChI is InChI=1S/C37H72S2/c1-13-14-16-27-19-20-31(22-27)38(9,10)39(11,12)35-26(2)21-34-32(17-15-18-33(34)35)28-23-29(36(3,4)5)25-30(24-28)37(6,7)8/h26-35H,13-25H2,1-12H3. The molecule has 0 N–H and O–H groups in total. The maximum atomic E-state index is 2.86. The van der Waals surface area contributed by atoms with Gasteiger partial charge in [0.15, 0.2) is 0 Å². The highest BCUT2D eigenvalue weighted by molar-refractivity contribution is 9.07. The van der Waals surface area contributed by atoms with E-state index in [4.69, 9.17) is 0 Å². The number of hydrogen-bond acceptors (Lipinski definition) is 0. The Balaban J connectivity index is 1.54. The average molecular weight is 581 g/mol. The van der Waals surface area contributed by atoms with Crippen LogP contribution in [0.5, 0.6) is 0 Å². The van der Waals surface area contributed by atoms with Crippen LogP contribution >= 0.6 is 18.1 Å². The van der Waals surface area contributed by atoms with E-state index in [-0.39, 0.29) is 0 Å². The molecule has 9 unspecified atom stereocenters. The minimum Gasteiger partial charge on any atom is -0.212 e. The molecular weight excluding hydrogens is 509 g/mol. The van der Waals surface area contributed by atoms with Gasteiger partial charge >= 0.3 is 0 Å². The van der Waals surface area contributed by atoms with Crippen LogP contribution in [0, 0.1) is 58.2 Å². The van der Waals surface area contributed by atoms with Gasteiger partial charge in [-0.3, -0.25) is 0 Å². The van der Waals surface area contributed by atoms with Crippen molar-refractivity contribution >= 4 is 18.1 Å². The Hall–Kier alpha value is 0.700. The maximum absolute atomic E-state index is 2.86. The fourth-order valence-electron chi connectivity index (χ4n) is 10.7. The van der Waals surface area contributed by atoms with Gasteiger partial charge in [-0.1, -0.05) is 81.1 Å². The van der Waals surface area contributed by atoms with E-state index < -0.39 is 18.1 Å². The van der Waals surface area contributed by atoms with Crippen LogP contribution in [0.3, 0.4) is 0 Å². The Morgan fingerprint density at radius 3 is 1.79 bits per heavy atom. The Morgan fingerprint density at radius 1 is 0.641 bits per heavy atom.